The van der Waals surface area contributed by atoms with Crippen LogP contribution in [0.3, 0.4) is 0 Å². The van der Waals surface area contributed by atoms with E-state index in [1.54, 1.807) is 0 Å². The number of amides is 1. The monoisotopic (exact) mass is 521 g/mol. The number of hydrogen-bond donors (Lipinski definition) is 1. The number of carbonyl (C=O) groups is 1. The maximum Gasteiger partial charge on any atom is 0.245 e. The number of hydrogen-bond acceptors (Lipinski definition) is 8. The first-order valence-corrected chi connectivity index (χ1v) is 14.8. The molecule has 1 N–H and O–H groups in total. The Labute approximate surface area is 210 Å². The Morgan fingerprint density at radius 3 is 2.51 bits per heavy atom. The topological polar surface area (TPSA) is 95.5 Å². The van der Waals surface area contributed by atoms with Crippen LogP contribution in [-0.4, -0.2) is 66.1 Å². The molecule has 3 heterocycles. The lowest BCUT2D eigenvalue weighted by Crippen LogP contribution is -2.47. The maximum absolute atomic E-state index is 14.8. The van der Waals surface area contributed by atoms with Gasteiger partial charge in [-0.15, -0.1) is 0 Å². The molecule has 8 nitrogen and oxygen atoms in total. The van der Waals surface area contributed by atoms with E-state index in [1.165, 1.54) is 23.7 Å². The van der Waals surface area contributed by atoms with Crippen LogP contribution in [0.4, 0.5) is 15.2 Å². The van der Waals surface area contributed by atoms with Gasteiger partial charge in [-0.3, -0.25) is 4.79 Å². The molecule has 5 rings (SSSR count). The van der Waals surface area contributed by atoms with Crippen molar-refractivity contribution in [3.05, 3.63) is 29.8 Å². The van der Waals surface area contributed by atoms with Gasteiger partial charge in [0.2, 0.25) is 11.0 Å². The molecule has 1 aliphatic carbocycles. The number of sulfone groups is 1. The van der Waals surface area contributed by atoms with Gasteiger partial charge in [-0.1, -0.05) is 13.8 Å². The van der Waals surface area contributed by atoms with Gasteiger partial charge in [0.05, 0.1) is 16.3 Å². The Bertz CT molecular complexity index is 1190. The number of halogens is 1. The number of benzene rings is 1. The molecule has 2 aliphatic heterocycles. The van der Waals surface area contributed by atoms with Crippen LogP contribution in [0.5, 0.6) is 0 Å². The molecule has 3 aliphatic rings. The molecule has 2 aromatic rings. The number of likely N-dealkylation sites (tertiary alicyclic amines) is 1. The first-order chi connectivity index (χ1) is 16.7. The molecular formula is C24H32FN5O3S2. The third-order valence-corrected chi connectivity index (χ3v) is 9.82. The summed E-state index contributed by atoms with van der Waals surface area (Å²) in [5.41, 5.74) is 0.169. The lowest BCUT2D eigenvalue weighted by Gasteiger charge is -2.36. The van der Waals surface area contributed by atoms with Gasteiger partial charge in [-0.05, 0) is 56.2 Å². The molecule has 11 heteroatoms. The third-order valence-electron chi connectivity index (χ3n) is 7.14. The number of aromatic nitrogens is 2. The van der Waals surface area contributed by atoms with Gasteiger partial charge in [0, 0.05) is 43.1 Å². The molecule has 35 heavy (non-hydrogen) atoms. The largest absolute Gasteiger partial charge is 0.371 e. The van der Waals surface area contributed by atoms with E-state index in [0.717, 1.165) is 55.8 Å². The predicted molar refractivity (Wildman–Crippen MR) is 134 cm³/mol. The smallest absolute Gasteiger partial charge is 0.245 e. The summed E-state index contributed by atoms with van der Waals surface area (Å²) in [5.74, 6) is 0.788. The fourth-order valence-electron chi connectivity index (χ4n) is 4.84. The molecule has 1 unspecified atom stereocenters. The predicted octanol–water partition coefficient (Wildman–Crippen LogP) is 3.67. The van der Waals surface area contributed by atoms with E-state index in [-0.39, 0.29) is 34.2 Å². The Balaban J connectivity index is 1.17. The molecule has 1 aromatic carbocycles. The van der Waals surface area contributed by atoms with E-state index in [0.29, 0.717) is 18.9 Å². The Hall–Kier alpha value is -2.27. The van der Waals surface area contributed by atoms with E-state index in [2.05, 4.69) is 33.4 Å². The van der Waals surface area contributed by atoms with Gasteiger partial charge in [0.15, 0.2) is 9.84 Å². The molecule has 0 spiro atoms. The summed E-state index contributed by atoms with van der Waals surface area (Å²) < 4.78 is 44.1. The van der Waals surface area contributed by atoms with Gasteiger partial charge in [0.25, 0.3) is 0 Å². The van der Waals surface area contributed by atoms with E-state index in [1.807, 2.05) is 4.90 Å². The summed E-state index contributed by atoms with van der Waals surface area (Å²) in [6.45, 7) is 6.44. The minimum Gasteiger partial charge on any atom is -0.371 e. The van der Waals surface area contributed by atoms with Crippen molar-refractivity contribution in [1.82, 2.24) is 14.3 Å². The van der Waals surface area contributed by atoms with Crippen LogP contribution < -0.4 is 10.2 Å². The quantitative estimate of drug-likeness (QED) is 0.566. The van der Waals surface area contributed by atoms with Crippen LogP contribution in [0, 0.1) is 11.7 Å². The number of carbonyl (C=O) groups excluding carboxylic acids is 1. The number of piperidine rings is 1. The van der Waals surface area contributed by atoms with Gasteiger partial charge < -0.3 is 15.1 Å². The highest BCUT2D eigenvalue weighted by Crippen LogP contribution is 2.33. The highest BCUT2D eigenvalue weighted by Gasteiger charge is 2.38. The van der Waals surface area contributed by atoms with Crippen molar-refractivity contribution in [2.45, 2.75) is 68.8 Å². The van der Waals surface area contributed by atoms with Gasteiger partial charge in [0.1, 0.15) is 17.7 Å². The number of rotatable bonds is 8. The highest BCUT2D eigenvalue weighted by atomic mass is 32.2. The highest BCUT2D eigenvalue weighted by molar-refractivity contribution is 7.91. The van der Waals surface area contributed by atoms with Crippen LogP contribution in [0.25, 0.3) is 0 Å². The fraction of sp³-hybridized carbons (Fsp3) is 0.625. The molecule has 1 saturated carbocycles. The molecule has 1 aromatic heterocycles. The Kier molecular flexibility index (Phi) is 6.73. The van der Waals surface area contributed by atoms with Crippen LogP contribution >= 0.6 is 11.5 Å². The van der Waals surface area contributed by atoms with E-state index in [4.69, 9.17) is 0 Å². The zero-order valence-corrected chi connectivity index (χ0v) is 21.7. The number of nitrogens with one attached hydrogen (secondary N) is 1. The third kappa shape index (κ3) is 5.30. The van der Waals surface area contributed by atoms with E-state index < -0.39 is 21.7 Å². The average Bonchev–Trinajstić information content (AvgIpc) is 3.35. The summed E-state index contributed by atoms with van der Waals surface area (Å²) in [4.78, 5) is 21.9. The van der Waals surface area contributed by atoms with Crippen LogP contribution in [-0.2, 0) is 14.6 Å². The first kappa shape index (κ1) is 24.4. The average molecular weight is 522 g/mol. The molecule has 3 fully saturated rings. The normalized spacial score (nSPS) is 21.8. The summed E-state index contributed by atoms with van der Waals surface area (Å²) >= 11 is 1.43. The molecule has 0 radical (unpaired) electrons. The lowest BCUT2D eigenvalue weighted by atomic mass is 10.0. The van der Waals surface area contributed by atoms with Crippen molar-refractivity contribution in [2.75, 3.05) is 35.6 Å². The zero-order chi connectivity index (χ0) is 24.7. The van der Waals surface area contributed by atoms with Crippen LogP contribution in [0.2, 0.25) is 0 Å². The first-order valence-electron chi connectivity index (χ1n) is 12.4. The summed E-state index contributed by atoms with van der Waals surface area (Å²) in [5, 5.41) is 3.96. The van der Waals surface area contributed by atoms with Crippen molar-refractivity contribution < 1.29 is 17.6 Å². The molecule has 190 valence electrons. The Morgan fingerprint density at radius 1 is 1.14 bits per heavy atom. The molecule has 0 bridgehead atoms. The SMILES string of the molecule is CC(C)c1nsc(N2CCC(N3CCC(Nc4ccc(S(=O)(=O)CC5CC5)cc4F)C3=O)CC2)n1. The van der Waals surface area contributed by atoms with Gasteiger partial charge >= 0.3 is 0 Å². The fourth-order valence-corrected chi connectivity index (χ4v) is 7.41. The van der Waals surface area contributed by atoms with E-state index in [9.17, 15) is 17.6 Å². The Morgan fingerprint density at radius 2 is 1.89 bits per heavy atom. The van der Waals surface area contributed by atoms with Crippen molar-refractivity contribution in [3.63, 3.8) is 0 Å². The molecular weight excluding hydrogens is 489 g/mol. The minimum absolute atomic E-state index is 0.00882. The standard InChI is InChI=1S/C24H32FN5O3S2/c1-15(2)22-27-24(34-28-22)29-10-7-17(8-11-29)30-12-9-21(23(30)31)26-20-6-5-18(13-19(20)25)35(32,33)14-16-3-4-16/h5-6,13,15-17,21,26H,3-4,7-12,14H2,1-2H3. The second-order valence-corrected chi connectivity index (χ2v) is 13.0. The minimum atomic E-state index is -3.48. The summed E-state index contributed by atoms with van der Waals surface area (Å²) in [7, 11) is -3.48. The van der Waals surface area contributed by atoms with Crippen molar-refractivity contribution >= 4 is 38.1 Å². The zero-order valence-electron chi connectivity index (χ0n) is 20.1. The van der Waals surface area contributed by atoms with E-state index >= 15 is 0 Å². The summed E-state index contributed by atoms with van der Waals surface area (Å²) in [6.07, 6.45) is 4.14. The van der Waals surface area contributed by atoms with Gasteiger partial charge in [-0.25, -0.2) is 17.8 Å². The van der Waals surface area contributed by atoms with Crippen molar-refractivity contribution in [1.29, 1.82) is 0 Å². The van der Waals surface area contributed by atoms with Crippen LogP contribution in [0.15, 0.2) is 23.1 Å². The van der Waals surface area contributed by atoms with Crippen molar-refractivity contribution in [2.24, 2.45) is 5.92 Å². The number of anilines is 2. The molecule has 2 saturated heterocycles. The second-order valence-electron chi connectivity index (χ2n) is 10.2. The molecule has 1 amide bonds. The van der Waals surface area contributed by atoms with Crippen molar-refractivity contribution in [3.8, 4) is 0 Å². The van der Waals surface area contributed by atoms with Gasteiger partial charge in [-0.2, -0.15) is 4.37 Å². The lowest BCUT2D eigenvalue weighted by molar-refractivity contribution is -0.130. The summed E-state index contributed by atoms with van der Waals surface area (Å²) in [6, 6.07) is 3.60. The number of nitrogens with zero attached hydrogens (tertiary/aromatic N) is 4. The molecule has 1 atom stereocenters. The second kappa shape index (κ2) is 9.65. The maximum atomic E-state index is 14.8. The van der Waals surface area contributed by atoms with Crippen LogP contribution in [0.1, 0.15) is 57.7 Å².